The van der Waals surface area contributed by atoms with Crippen molar-refractivity contribution in [3.05, 3.63) is 29.8 Å². The van der Waals surface area contributed by atoms with Crippen LogP contribution >= 0.6 is 0 Å². The summed E-state index contributed by atoms with van der Waals surface area (Å²) in [5, 5.41) is 0. The lowest BCUT2D eigenvalue weighted by atomic mass is 10.2. The van der Waals surface area contributed by atoms with E-state index in [2.05, 4.69) is 0 Å². The first-order valence-corrected chi connectivity index (χ1v) is 4.51. The highest BCUT2D eigenvalue weighted by atomic mass is 16.5. The van der Waals surface area contributed by atoms with Gasteiger partial charge in [0, 0.05) is 19.7 Å². The lowest BCUT2D eigenvalue weighted by Gasteiger charge is -2.18. The lowest BCUT2D eigenvalue weighted by Crippen LogP contribution is -2.22. The summed E-state index contributed by atoms with van der Waals surface area (Å²) in [6.07, 6.45) is 0. The Balaban J connectivity index is 2.56. The van der Waals surface area contributed by atoms with Crippen molar-refractivity contribution in [2.45, 2.75) is 13.8 Å². The van der Waals surface area contributed by atoms with Crippen molar-refractivity contribution >= 4 is 11.7 Å². The molecule has 0 aliphatic carbocycles. The first-order chi connectivity index (χ1) is 6.59. The van der Waals surface area contributed by atoms with E-state index in [4.69, 9.17) is 4.74 Å². The Morgan fingerprint density at radius 2 is 1.93 bits per heavy atom. The molecular weight excluding hydrogens is 178 g/mol. The van der Waals surface area contributed by atoms with Crippen LogP contribution in [-0.4, -0.2) is 19.7 Å². The molecule has 0 amide bonds. The minimum atomic E-state index is -0.260. The molecule has 0 atom stereocenters. The van der Waals surface area contributed by atoms with Gasteiger partial charge in [0.05, 0.1) is 0 Å². The van der Waals surface area contributed by atoms with Crippen molar-refractivity contribution in [3.63, 3.8) is 0 Å². The summed E-state index contributed by atoms with van der Waals surface area (Å²) in [5.74, 6) is -0.260. The first kappa shape index (κ1) is 10.6. The van der Waals surface area contributed by atoms with Crippen LogP contribution in [0.1, 0.15) is 12.5 Å². The van der Waals surface area contributed by atoms with E-state index in [1.807, 2.05) is 43.1 Å². The largest absolute Gasteiger partial charge is 0.444 e. The van der Waals surface area contributed by atoms with Crippen LogP contribution in [0.25, 0.3) is 0 Å². The van der Waals surface area contributed by atoms with Crippen LogP contribution in [0.15, 0.2) is 24.3 Å². The van der Waals surface area contributed by atoms with Gasteiger partial charge in [-0.1, -0.05) is 17.7 Å². The Hall–Kier alpha value is -1.51. The van der Waals surface area contributed by atoms with E-state index in [-0.39, 0.29) is 5.97 Å². The number of aryl methyl sites for hydroxylation is 1. The number of ether oxygens (including phenoxy) is 1. The average Bonchev–Trinajstić information content (AvgIpc) is 2.15. The molecule has 0 saturated carbocycles. The van der Waals surface area contributed by atoms with Gasteiger partial charge in [0.1, 0.15) is 0 Å². The van der Waals surface area contributed by atoms with Crippen molar-refractivity contribution in [2.75, 3.05) is 18.7 Å². The summed E-state index contributed by atoms with van der Waals surface area (Å²) >= 11 is 0. The van der Waals surface area contributed by atoms with Crippen molar-refractivity contribution < 1.29 is 9.53 Å². The summed E-state index contributed by atoms with van der Waals surface area (Å²) in [4.78, 5) is 12.5. The van der Waals surface area contributed by atoms with E-state index in [1.165, 1.54) is 12.5 Å². The maximum absolute atomic E-state index is 10.6. The number of nitrogens with zero attached hydrogens (tertiary/aromatic N) is 1. The van der Waals surface area contributed by atoms with Gasteiger partial charge in [0.15, 0.2) is 6.73 Å². The van der Waals surface area contributed by atoms with Gasteiger partial charge in [-0.05, 0) is 19.1 Å². The normalized spacial score (nSPS) is 9.64. The summed E-state index contributed by atoms with van der Waals surface area (Å²) in [7, 11) is 1.88. The predicted molar refractivity (Wildman–Crippen MR) is 56.2 cm³/mol. The van der Waals surface area contributed by atoms with E-state index >= 15 is 0 Å². The van der Waals surface area contributed by atoms with Crippen molar-refractivity contribution in [2.24, 2.45) is 0 Å². The SMILES string of the molecule is CC(=O)OCN(C)c1ccc(C)cc1. The van der Waals surface area contributed by atoms with E-state index in [0.29, 0.717) is 6.73 Å². The standard InChI is InChI=1S/C11H15NO2/c1-9-4-6-11(7-5-9)12(3)8-14-10(2)13/h4-7H,8H2,1-3H3. The summed E-state index contributed by atoms with van der Waals surface area (Å²) < 4.78 is 4.88. The van der Waals surface area contributed by atoms with Gasteiger partial charge < -0.3 is 9.64 Å². The van der Waals surface area contributed by atoms with Crippen molar-refractivity contribution in [1.29, 1.82) is 0 Å². The minimum absolute atomic E-state index is 0.260. The average molecular weight is 193 g/mol. The molecule has 0 saturated heterocycles. The Bertz CT molecular complexity index is 306. The number of benzene rings is 1. The molecule has 0 heterocycles. The number of hydrogen-bond donors (Lipinski definition) is 0. The Kier molecular flexibility index (Phi) is 3.51. The van der Waals surface area contributed by atoms with Gasteiger partial charge in [0.2, 0.25) is 0 Å². The zero-order valence-corrected chi connectivity index (χ0v) is 8.78. The highest BCUT2D eigenvalue weighted by Crippen LogP contribution is 2.12. The highest BCUT2D eigenvalue weighted by molar-refractivity contribution is 5.66. The quantitative estimate of drug-likeness (QED) is 0.543. The Morgan fingerprint density at radius 1 is 1.36 bits per heavy atom. The molecule has 3 heteroatoms. The number of anilines is 1. The molecule has 76 valence electrons. The number of hydrogen-bond acceptors (Lipinski definition) is 3. The van der Waals surface area contributed by atoms with Crippen LogP contribution in [0.5, 0.6) is 0 Å². The first-order valence-electron chi connectivity index (χ1n) is 4.51. The smallest absolute Gasteiger partial charge is 0.304 e. The van der Waals surface area contributed by atoms with Crippen LogP contribution in [-0.2, 0) is 9.53 Å². The molecule has 1 aromatic carbocycles. The van der Waals surface area contributed by atoms with Gasteiger partial charge >= 0.3 is 5.97 Å². The monoisotopic (exact) mass is 193 g/mol. The molecule has 3 nitrogen and oxygen atoms in total. The number of carbonyl (C=O) groups excluding carboxylic acids is 1. The topological polar surface area (TPSA) is 29.5 Å². The third-order valence-electron chi connectivity index (χ3n) is 1.94. The number of carbonyl (C=O) groups is 1. The molecule has 0 unspecified atom stereocenters. The Labute approximate surface area is 84.3 Å². The highest BCUT2D eigenvalue weighted by Gasteiger charge is 2.01. The molecule has 0 aliphatic rings. The molecule has 0 fully saturated rings. The zero-order valence-electron chi connectivity index (χ0n) is 8.78. The summed E-state index contributed by atoms with van der Waals surface area (Å²) in [6.45, 7) is 3.73. The molecule has 0 N–H and O–H groups in total. The fourth-order valence-corrected chi connectivity index (χ4v) is 1.06. The third-order valence-corrected chi connectivity index (χ3v) is 1.94. The van der Waals surface area contributed by atoms with E-state index in [1.54, 1.807) is 0 Å². The van der Waals surface area contributed by atoms with Gasteiger partial charge in [-0.25, -0.2) is 0 Å². The third kappa shape index (κ3) is 3.09. The molecule has 0 radical (unpaired) electrons. The molecule has 1 rings (SSSR count). The molecule has 0 bridgehead atoms. The molecule has 1 aromatic rings. The van der Waals surface area contributed by atoms with Gasteiger partial charge in [-0.15, -0.1) is 0 Å². The fraction of sp³-hybridized carbons (Fsp3) is 0.364. The summed E-state index contributed by atoms with van der Waals surface area (Å²) in [6, 6.07) is 8.05. The molecule has 14 heavy (non-hydrogen) atoms. The number of esters is 1. The second kappa shape index (κ2) is 4.65. The van der Waals surface area contributed by atoms with Crippen LogP contribution in [0.2, 0.25) is 0 Å². The molecular formula is C11H15NO2. The molecule has 0 aliphatic heterocycles. The second-order valence-corrected chi connectivity index (χ2v) is 3.30. The van der Waals surface area contributed by atoms with Crippen LogP contribution in [0.4, 0.5) is 5.69 Å². The van der Waals surface area contributed by atoms with Crippen LogP contribution in [0.3, 0.4) is 0 Å². The van der Waals surface area contributed by atoms with Gasteiger partial charge in [-0.3, -0.25) is 4.79 Å². The fourth-order valence-electron chi connectivity index (χ4n) is 1.06. The molecule has 0 aromatic heterocycles. The van der Waals surface area contributed by atoms with E-state index in [0.717, 1.165) is 5.69 Å². The Morgan fingerprint density at radius 3 is 2.43 bits per heavy atom. The minimum Gasteiger partial charge on any atom is -0.444 e. The predicted octanol–water partition coefficient (Wildman–Crippen LogP) is 1.95. The maximum atomic E-state index is 10.6. The van der Waals surface area contributed by atoms with E-state index < -0.39 is 0 Å². The van der Waals surface area contributed by atoms with Gasteiger partial charge in [-0.2, -0.15) is 0 Å². The maximum Gasteiger partial charge on any atom is 0.304 e. The summed E-state index contributed by atoms with van der Waals surface area (Å²) in [5.41, 5.74) is 2.26. The zero-order chi connectivity index (χ0) is 10.6. The molecule has 0 spiro atoms. The van der Waals surface area contributed by atoms with Gasteiger partial charge in [0.25, 0.3) is 0 Å². The lowest BCUT2D eigenvalue weighted by molar-refractivity contribution is -0.140. The van der Waals surface area contributed by atoms with Crippen molar-refractivity contribution in [3.8, 4) is 0 Å². The number of rotatable bonds is 3. The van der Waals surface area contributed by atoms with Crippen LogP contribution in [0, 0.1) is 6.92 Å². The van der Waals surface area contributed by atoms with E-state index in [9.17, 15) is 4.79 Å². The second-order valence-electron chi connectivity index (χ2n) is 3.30. The van der Waals surface area contributed by atoms with Crippen LogP contribution < -0.4 is 4.90 Å². The van der Waals surface area contributed by atoms with Crippen molar-refractivity contribution in [1.82, 2.24) is 0 Å².